The molecule has 0 spiro atoms. The van der Waals surface area contributed by atoms with E-state index >= 15 is 0 Å². The molecular weight excluding hydrogens is 459 g/mol. The lowest BCUT2D eigenvalue weighted by atomic mass is 9.99. The molecule has 12 heteroatoms. The van der Waals surface area contributed by atoms with Crippen molar-refractivity contribution < 1.29 is 29.6 Å². The summed E-state index contributed by atoms with van der Waals surface area (Å²) < 4.78 is 22.0. The molecule has 0 aliphatic carbocycles. The minimum Gasteiger partial charge on any atom is -0.388 e. The van der Waals surface area contributed by atoms with Crippen molar-refractivity contribution in [3.63, 3.8) is 0 Å². The summed E-state index contributed by atoms with van der Waals surface area (Å²) in [6, 6.07) is 9.72. The Hall–Kier alpha value is -3.55. The highest BCUT2D eigenvalue weighted by Gasteiger charge is 2.43. The van der Waals surface area contributed by atoms with Gasteiger partial charge >= 0.3 is 0 Å². The number of rotatable bonds is 5. The van der Waals surface area contributed by atoms with Gasteiger partial charge in [-0.25, -0.2) is 14.1 Å². The van der Waals surface area contributed by atoms with Crippen molar-refractivity contribution in [2.24, 2.45) is 7.05 Å². The average Bonchev–Trinajstić information content (AvgIpc) is 3.46. The fourth-order valence-electron chi connectivity index (χ4n) is 4.13. The molecule has 11 nitrogen and oxygen atoms in total. The zero-order chi connectivity index (χ0) is 24.7. The van der Waals surface area contributed by atoms with Gasteiger partial charge in [0.2, 0.25) is 0 Å². The van der Waals surface area contributed by atoms with Crippen LogP contribution < -0.4 is 0 Å². The summed E-state index contributed by atoms with van der Waals surface area (Å²) >= 11 is 0. The normalized spacial score (nSPS) is 24.6. The number of aliphatic hydroxyl groups is 4. The molecule has 1 aromatic carbocycles. The van der Waals surface area contributed by atoms with E-state index in [0.29, 0.717) is 22.8 Å². The number of aromatic nitrogens is 6. The largest absolute Gasteiger partial charge is 0.388 e. The summed E-state index contributed by atoms with van der Waals surface area (Å²) in [5, 5.41) is 47.8. The van der Waals surface area contributed by atoms with Crippen LogP contribution in [0.5, 0.6) is 0 Å². The minimum absolute atomic E-state index is 0.0402. The first kappa shape index (κ1) is 23.2. The standard InChI is InChI=1S/C23H23FN6O5/c1-29-18(13-6-8-25-9-7-13)17(12-2-4-14(24)5-3-12)26-22(29)15-10-30(28-27-15)11-16-19(31)20(32)21(33)23(34)35-16/h2-10,16,19-21,23,31-34H,11H2,1H3/t16-,19-,20+,21-,23-/m1/s1. The summed E-state index contributed by atoms with van der Waals surface area (Å²) in [4.78, 5) is 8.85. The quantitative estimate of drug-likeness (QED) is 0.316. The Labute approximate surface area is 198 Å². The SMILES string of the molecule is Cn1c(-c2cn(C[C@H]3O[C@@H](O)[C@H](O)[C@@H](O)[C@@H]3O)nn2)nc(-c2ccc(F)cc2)c1-c1ccncc1. The van der Waals surface area contributed by atoms with Crippen LogP contribution in [0.25, 0.3) is 34.0 Å². The Bertz CT molecular complexity index is 1310. The lowest BCUT2D eigenvalue weighted by Gasteiger charge is -2.38. The van der Waals surface area contributed by atoms with Gasteiger partial charge in [-0.3, -0.25) is 4.98 Å². The van der Waals surface area contributed by atoms with Gasteiger partial charge in [0, 0.05) is 30.6 Å². The van der Waals surface area contributed by atoms with E-state index in [1.54, 1.807) is 30.7 Å². The zero-order valence-corrected chi connectivity index (χ0v) is 18.5. The monoisotopic (exact) mass is 482 g/mol. The summed E-state index contributed by atoms with van der Waals surface area (Å²) in [5.41, 5.74) is 3.38. The van der Waals surface area contributed by atoms with Crippen LogP contribution in [0.4, 0.5) is 4.39 Å². The number of imidazole rings is 1. The lowest BCUT2D eigenvalue weighted by molar-refractivity contribution is -0.284. The second-order valence-electron chi connectivity index (χ2n) is 8.30. The number of ether oxygens (including phenoxy) is 1. The van der Waals surface area contributed by atoms with Crippen LogP contribution in [0, 0.1) is 5.82 Å². The molecule has 3 aromatic heterocycles. The fraction of sp³-hybridized carbons (Fsp3) is 0.304. The van der Waals surface area contributed by atoms with Gasteiger partial charge in [0.05, 0.1) is 24.1 Å². The van der Waals surface area contributed by atoms with Gasteiger partial charge in [-0.1, -0.05) is 5.21 Å². The molecule has 1 fully saturated rings. The van der Waals surface area contributed by atoms with E-state index in [4.69, 9.17) is 9.72 Å². The Morgan fingerprint density at radius 1 is 0.943 bits per heavy atom. The first-order chi connectivity index (χ1) is 16.8. The van der Waals surface area contributed by atoms with Crippen LogP contribution in [0.2, 0.25) is 0 Å². The molecule has 1 saturated heterocycles. The van der Waals surface area contributed by atoms with Crippen LogP contribution in [0.3, 0.4) is 0 Å². The molecule has 182 valence electrons. The van der Waals surface area contributed by atoms with E-state index in [0.717, 1.165) is 11.3 Å². The number of hydrogen-bond acceptors (Lipinski definition) is 9. The van der Waals surface area contributed by atoms with Crippen LogP contribution in [-0.2, 0) is 18.3 Å². The Morgan fingerprint density at radius 3 is 2.37 bits per heavy atom. The molecular formula is C23H23FN6O5. The van der Waals surface area contributed by atoms with Gasteiger partial charge in [-0.05, 0) is 36.4 Å². The van der Waals surface area contributed by atoms with Crippen molar-refractivity contribution in [1.82, 2.24) is 29.5 Å². The van der Waals surface area contributed by atoms with Gasteiger partial charge in [0.15, 0.2) is 12.1 Å². The van der Waals surface area contributed by atoms with Gasteiger partial charge in [0.25, 0.3) is 0 Å². The molecule has 4 N–H and O–H groups in total. The number of halogens is 1. The molecule has 4 heterocycles. The van der Waals surface area contributed by atoms with Gasteiger partial charge in [0.1, 0.15) is 35.9 Å². The molecule has 35 heavy (non-hydrogen) atoms. The molecule has 5 rings (SSSR count). The van der Waals surface area contributed by atoms with Crippen LogP contribution in [0.15, 0.2) is 55.0 Å². The molecule has 0 radical (unpaired) electrons. The molecule has 1 aliphatic heterocycles. The third kappa shape index (κ3) is 4.33. The van der Waals surface area contributed by atoms with Crippen molar-refractivity contribution >= 4 is 0 Å². The maximum Gasteiger partial charge on any atom is 0.184 e. The highest BCUT2D eigenvalue weighted by Crippen LogP contribution is 2.35. The second kappa shape index (κ2) is 9.24. The molecule has 0 bridgehead atoms. The van der Waals surface area contributed by atoms with E-state index in [9.17, 15) is 24.8 Å². The van der Waals surface area contributed by atoms with E-state index in [1.165, 1.54) is 16.8 Å². The summed E-state index contributed by atoms with van der Waals surface area (Å²) in [6.45, 7) is -0.0402. The van der Waals surface area contributed by atoms with Crippen molar-refractivity contribution in [2.75, 3.05) is 0 Å². The number of nitrogens with zero attached hydrogens (tertiary/aromatic N) is 6. The predicted octanol–water partition coefficient (Wildman–Crippen LogP) is 0.347. The first-order valence-electron chi connectivity index (χ1n) is 10.8. The maximum absolute atomic E-state index is 13.5. The molecule has 1 aliphatic rings. The van der Waals surface area contributed by atoms with E-state index < -0.39 is 30.7 Å². The number of pyridine rings is 1. The topological polar surface area (TPSA) is 152 Å². The predicted molar refractivity (Wildman–Crippen MR) is 120 cm³/mol. The minimum atomic E-state index is -1.64. The fourth-order valence-corrected chi connectivity index (χ4v) is 4.13. The molecule has 0 amide bonds. The van der Waals surface area contributed by atoms with Crippen molar-refractivity contribution in [2.45, 2.75) is 37.3 Å². The van der Waals surface area contributed by atoms with Crippen molar-refractivity contribution in [3.8, 4) is 34.0 Å². The highest BCUT2D eigenvalue weighted by molar-refractivity contribution is 5.81. The average molecular weight is 482 g/mol. The molecule has 5 atom stereocenters. The van der Waals surface area contributed by atoms with Gasteiger partial charge in [-0.15, -0.1) is 5.10 Å². The van der Waals surface area contributed by atoms with Crippen LogP contribution >= 0.6 is 0 Å². The van der Waals surface area contributed by atoms with E-state index in [1.807, 2.05) is 23.7 Å². The van der Waals surface area contributed by atoms with E-state index in [2.05, 4.69) is 15.3 Å². The van der Waals surface area contributed by atoms with Crippen molar-refractivity contribution in [3.05, 3.63) is 60.8 Å². The summed E-state index contributed by atoms with van der Waals surface area (Å²) in [6.07, 6.45) is -2.35. The molecule has 0 saturated carbocycles. The molecule has 0 unspecified atom stereocenters. The lowest BCUT2D eigenvalue weighted by Crippen LogP contribution is -2.58. The second-order valence-corrected chi connectivity index (χ2v) is 8.30. The number of hydrogen-bond donors (Lipinski definition) is 4. The number of benzene rings is 1. The first-order valence-corrected chi connectivity index (χ1v) is 10.8. The Balaban J connectivity index is 1.50. The highest BCUT2D eigenvalue weighted by atomic mass is 19.1. The van der Waals surface area contributed by atoms with Crippen LogP contribution in [-0.4, -0.2) is 80.7 Å². The maximum atomic E-state index is 13.5. The Kier molecular flexibility index (Phi) is 6.13. The van der Waals surface area contributed by atoms with Gasteiger partial charge in [-0.2, -0.15) is 0 Å². The third-order valence-corrected chi connectivity index (χ3v) is 5.99. The van der Waals surface area contributed by atoms with Gasteiger partial charge < -0.3 is 29.7 Å². The summed E-state index contributed by atoms with van der Waals surface area (Å²) in [5.74, 6) is 0.135. The Morgan fingerprint density at radius 2 is 1.66 bits per heavy atom. The summed E-state index contributed by atoms with van der Waals surface area (Å²) in [7, 11) is 1.83. The zero-order valence-electron chi connectivity index (χ0n) is 18.5. The molecule has 4 aromatic rings. The smallest absolute Gasteiger partial charge is 0.184 e. The third-order valence-electron chi connectivity index (χ3n) is 5.99. The van der Waals surface area contributed by atoms with Crippen molar-refractivity contribution in [1.29, 1.82) is 0 Å². The van der Waals surface area contributed by atoms with E-state index in [-0.39, 0.29) is 12.4 Å². The van der Waals surface area contributed by atoms with Crippen LogP contribution in [0.1, 0.15) is 0 Å². The number of aliphatic hydroxyl groups excluding tert-OH is 4.